The zero-order chi connectivity index (χ0) is 16.9. The maximum absolute atomic E-state index is 12.4. The first-order valence-electron chi connectivity index (χ1n) is 8.81. The van der Waals surface area contributed by atoms with Gasteiger partial charge in [0.1, 0.15) is 0 Å². The first-order chi connectivity index (χ1) is 11.6. The molecule has 7 heteroatoms. The van der Waals surface area contributed by atoms with Gasteiger partial charge in [0.15, 0.2) is 0 Å². The molecule has 1 aromatic rings. The Labute approximate surface area is 166 Å². The van der Waals surface area contributed by atoms with E-state index in [-0.39, 0.29) is 24.2 Å². The summed E-state index contributed by atoms with van der Waals surface area (Å²) in [4.78, 5) is 15.0. The summed E-state index contributed by atoms with van der Waals surface area (Å²) in [7, 11) is 0. The maximum Gasteiger partial charge on any atom is 0.227 e. The van der Waals surface area contributed by atoms with Crippen LogP contribution in [0.2, 0.25) is 10.0 Å². The van der Waals surface area contributed by atoms with E-state index in [1.54, 1.807) is 18.2 Å². The number of nitrogens with one attached hydrogen (secondary N) is 2. The second kappa shape index (κ2) is 9.98. The molecule has 2 saturated heterocycles. The summed E-state index contributed by atoms with van der Waals surface area (Å²) in [5.41, 5.74) is 0.713. The fraction of sp³-hybridized carbons (Fsp3) is 0.611. The number of hydrogen-bond acceptors (Lipinski definition) is 3. The van der Waals surface area contributed by atoms with Gasteiger partial charge in [-0.15, -0.1) is 12.4 Å². The minimum atomic E-state index is 0. The number of hydrogen-bond donors (Lipinski definition) is 2. The SMILES string of the molecule is Cl.O=C(Nc1ccc(Cl)c(Cl)c1)C1CCN(CC2CCCNC2)CC1. The first-order valence-corrected chi connectivity index (χ1v) is 9.56. The molecule has 2 aliphatic rings. The molecule has 1 atom stereocenters. The summed E-state index contributed by atoms with van der Waals surface area (Å²) in [6, 6.07) is 5.20. The molecule has 0 bridgehead atoms. The Morgan fingerprint density at radius 3 is 2.60 bits per heavy atom. The number of likely N-dealkylation sites (tertiary alicyclic amines) is 1. The van der Waals surface area contributed by atoms with Gasteiger partial charge in [0, 0.05) is 18.2 Å². The van der Waals surface area contributed by atoms with E-state index in [0.29, 0.717) is 15.7 Å². The van der Waals surface area contributed by atoms with Crippen LogP contribution in [-0.4, -0.2) is 43.5 Å². The van der Waals surface area contributed by atoms with E-state index in [9.17, 15) is 4.79 Å². The molecule has 2 fully saturated rings. The van der Waals surface area contributed by atoms with Crippen LogP contribution in [0.4, 0.5) is 5.69 Å². The van der Waals surface area contributed by atoms with Crippen molar-refractivity contribution in [2.24, 2.45) is 11.8 Å². The normalized spacial score (nSPS) is 22.2. The topological polar surface area (TPSA) is 44.4 Å². The summed E-state index contributed by atoms with van der Waals surface area (Å²) in [6.07, 6.45) is 4.46. The summed E-state index contributed by atoms with van der Waals surface area (Å²) in [5, 5.41) is 7.41. The van der Waals surface area contributed by atoms with Gasteiger partial charge in [0.2, 0.25) is 5.91 Å². The van der Waals surface area contributed by atoms with Gasteiger partial charge in [0.05, 0.1) is 10.0 Å². The number of nitrogens with zero attached hydrogens (tertiary/aromatic N) is 1. The van der Waals surface area contributed by atoms with Crippen LogP contribution in [0.25, 0.3) is 0 Å². The number of anilines is 1. The third-order valence-electron chi connectivity index (χ3n) is 5.06. The lowest BCUT2D eigenvalue weighted by Gasteiger charge is -2.35. The van der Waals surface area contributed by atoms with Crippen molar-refractivity contribution in [1.29, 1.82) is 0 Å². The van der Waals surface area contributed by atoms with Crippen LogP contribution in [0.1, 0.15) is 25.7 Å². The van der Waals surface area contributed by atoms with Gasteiger partial charge in [-0.3, -0.25) is 4.79 Å². The first kappa shape index (κ1) is 20.8. The van der Waals surface area contributed by atoms with E-state index in [1.165, 1.54) is 12.8 Å². The zero-order valence-electron chi connectivity index (χ0n) is 14.3. The van der Waals surface area contributed by atoms with Gasteiger partial charge < -0.3 is 15.5 Å². The van der Waals surface area contributed by atoms with Crippen LogP contribution in [-0.2, 0) is 4.79 Å². The van der Waals surface area contributed by atoms with Crippen LogP contribution in [0.5, 0.6) is 0 Å². The van der Waals surface area contributed by atoms with Crippen molar-refractivity contribution >= 4 is 47.2 Å². The summed E-state index contributed by atoms with van der Waals surface area (Å²) in [5.74, 6) is 0.938. The standard InChI is InChI=1S/C18H25Cl2N3O.ClH/c19-16-4-3-15(10-17(16)20)22-18(24)14-5-8-23(9-6-14)12-13-2-1-7-21-11-13;/h3-4,10,13-14,21H,1-2,5-9,11-12H2,(H,22,24);1H. The molecular weight excluding hydrogens is 381 g/mol. The Balaban J connectivity index is 0.00000225. The number of amides is 1. The molecule has 3 rings (SSSR count). The van der Waals surface area contributed by atoms with Gasteiger partial charge >= 0.3 is 0 Å². The Bertz CT molecular complexity index is 571. The molecule has 2 aliphatic heterocycles. The van der Waals surface area contributed by atoms with Gasteiger partial charge in [-0.1, -0.05) is 23.2 Å². The highest BCUT2D eigenvalue weighted by Gasteiger charge is 2.26. The summed E-state index contributed by atoms with van der Waals surface area (Å²) < 4.78 is 0. The Hall–Kier alpha value is -0.520. The van der Waals surface area contributed by atoms with Crippen LogP contribution >= 0.6 is 35.6 Å². The molecule has 25 heavy (non-hydrogen) atoms. The van der Waals surface area contributed by atoms with Crippen molar-refractivity contribution < 1.29 is 4.79 Å². The zero-order valence-corrected chi connectivity index (χ0v) is 16.6. The number of benzene rings is 1. The molecule has 1 amide bonds. The lowest BCUT2D eigenvalue weighted by Crippen LogP contribution is -2.43. The monoisotopic (exact) mass is 405 g/mol. The lowest BCUT2D eigenvalue weighted by atomic mass is 9.93. The minimum Gasteiger partial charge on any atom is -0.326 e. The molecule has 2 heterocycles. The Morgan fingerprint density at radius 2 is 1.96 bits per heavy atom. The average Bonchev–Trinajstić information content (AvgIpc) is 2.60. The highest BCUT2D eigenvalue weighted by atomic mass is 35.5. The van der Waals surface area contributed by atoms with E-state index in [1.807, 2.05) is 0 Å². The average molecular weight is 407 g/mol. The summed E-state index contributed by atoms with van der Waals surface area (Å²) in [6.45, 7) is 5.48. The molecule has 0 aliphatic carbocycles. The predicted octanol–water partition coefficient (Wildman–Crippen LogP) is 4.07. The third kappa shape index (κ3) is 6.00. The van der Waals surface area contributed by atoms with Crippen LogP contribution in [0.15, 0.2) is 18.2 Å². The molecule has 1 aromatic carbocycles. The number of piperidine rings is 2. The highest BCUT2D eigenvalue weighted by molar-refractivity contribution is 6.42. The fourth-order valence-electron chi connectivity index (χ4n) is 3.64. The number of carbonyl (C=O) groups is 1. The van der Waals surface area contributed by atoms with Crippen molar-refractivity contribution in [3.05, 3.63) is 28.2 Å². The van der Waals surface area contributed by atoms with Gasteiger partial charge in [-0.05, 0) is 76.0 Å². The van der Waals surface area contributed by atoms with Gasteiger partial charge in [-0.2, -0.15) is 0 Å². The number of rotatable bonds is 4. The molecule has 0 radical (unpaired) electrons. The van der Waals surface area contributed by atoms with Crippen molar-refractivity contribution in [2.45, 2.75) is 25.7 Å². The molecule has 0 aromatic heterocycles. The Morgan fingerprint density at radius 1 is 1.20 bits per heavy atom. The van der Waals surface area contributed by atoms with E-state index in [4.69, 9.17) is 23.2 Å². The van der Waals surface area contributed by atoms with Gasteiger partial charge in [-0.25, -0.2) is 0 Å². The summed E-state index contributed by atoms with van der Waals surface area (Å²) >= 11 is 11.9. The molecule has 0 spiro atoms. The number of carbonyl (C=O) groups excluding carboxylic acids is 1. The van der Waals surface area contributed by atoms with E-state index >= 15 is 0 Å². The van der Waals surface area contributed by atoms with E-state index in [0.717, 1.165) is 51.5 Å². The molecule has 140 valence electrons. The molecule has 4 nitrogen and oxygen atoms in total. The molecule has 2 N–H and O–H groups in total. The van der Waals surface area contributed by atoms with Crippen molar-refractivity contribution in [3.8, 4) is 0 Å². The van der Waals surface area contributed by atoms with Crippen LogP contribution in [0, 0.1) is 11.8 Å². The second-order valence-corrected chi connectivity index (χ2v) is 7.72. The second-order valence-electron chi connectivity index (χ2n) is 6.91. The van der Waals surface area contributed by atoms with Gasteiger partial charge in [0.25, 0.3) is 0 Å². The lowest BCUT2D eigenvalue weighted by molar-refractivity contribution is -0.121. The third-order valence-corrected chi connectivity index (χ3v) is 5.80. The van der Waals surface area contributed by atoms with Crippen LogP contribution < -0.4 is 10.6 Å². The quantitative estimate of drug-likeness (QED) is 0.792. The minimum absolute atomic E-state index is 0. The van der Waals surface area contributed by atoms with E-state index in [2.05, 4.69) is 15.5 Å². The van der Waals surface area contributed by atoms with Crippen molar-refractivity contribution in [1.82, 2.24) is 10.2 Å². The van der Waals surface area contributed by atoms with Crippen molar-refractivity contribution in [3.63, 3.8) is 0 Å². The predicted molar refractivity (Wildman–Crippen MR) is 107 cm³/mol. The fourth-order valence-corrected chi connectivity index (χ4v) is 3.94. The Kier molecular flexibility index (Phi) is 8.30. The number of halogens is 3. The maximum atomic E-state index is 12.4. The molecule has 1 unspecified atom stereocenters. The van der Waals surface area contributed by atoms with Crippen LogP contribution in [0.3, 0.4) is 0 Å². The largest absolute Gasteiger partial charge is 0.326 e. The van der Waals surface area contributed by atoms with E-state index < -0.39 is 0 Å². The molecular formula is C18H26Cl3N3O. The van der Waals surface area contributed by atoms with Crippen molar-refractivity contribution in [2.75, 3.05) is 38.0 Å². The highest BCUT2D eigenvalue weighted by Crippen LogP contribution is 2.26. The molecule has 0 saturated carbocycles. The smallest absolute Gasteiger partial charge is 0.227 e.